The van der Waals surface area contributed by atoms with Crippen LogP contribution >= 0.6 is 0 Å². The van der Waals surface area contributed by atoms with Crippen molar-refractivity contribution < 1.29 is 4.79 Å². The van der Waals surface area contributed by atoms with E-state index in [1.807, 2.05) is 0 Å². The predicted octanol–water partition coefficient (Wildman–Crippen LogP) is 2.62. The molecule has 1 amide bonds. The van der Waals surface area contributed by atoms with Gasteiger partial charge in [-0.05, 0) is 37.8 Å². The van der Waals surface area contributed by atoms with Gasteiger partial charge < -0.3 is 9.80 Å². The molecule has 3 heteroatoms. The molecule has 0 N–H and O–H groups in total. The van der Waals surface area contributed by atoms with Gasteiger partial charge in [-0.1, -0.05) is 18.2 Å². The molecule has 1 saturated carbocycles. The number of hydrogen-bond donors (Lipinski definition) is 0. The topological polar surface area (TPSA) is 23.6 Å². The first-order valence-electron chi connectivity index (χ1n) is 7.94. The van der Waals surface area contributed by atoms with Gasteiger partial charge in [0.1, 0.15) is 0 Å². The number of anilines is 1. The first-order valence-corrected chi connectivity index (χ1v) is 7.94. The Balaban J connectivity index is 1.62. The van der Waals surface area contributed by atoms with Gasteiger partial charge in [-0.25, -0.2) is 0 Å². The van der Waals surface area contributed by atoms with Gasteiger partial charge in [0.15, 0.2) is 0 Å². The molecular weight excluding hydrogens is 248 g/mol. The fraction of sp³-hybridized carbons (Fsp3) is 0.588. The van der Waals surface area contributed by atoms with Crippen molar-refractivity contribution in [3.63, 3.8) is 0 Å². The molecule has 20 heavy (non-hydrogen) atoms. The van der Waals surface area contributed by atoms with Gasteiger partial charge in [-0.15, -0.1) is 0 Å². The van der Waals surface area contributed by atoms with Crippen LogP contribution in [0.3, 0.4) is 0 Å². The molecule has 2 aliphatic heterocycles. The number of nitrogens with zero attached hydrogens (tertiary/aromatic N) is 2. The molecule has 0 radical (unpaired) electrons. The average Bonchev–Trinajstić information content (AvgIpc) is 3.29. The third-order valence-electron chi connectivity index (χ3n) is 5.20. The number of likely N-dealkylation sites (N-methyl/N-ethyl adjacent to an activating group) is 1. The van der Waals surface area contributed by atoms with Crippen molar-refractivity contribution in [2.75, 3.05) is 24.5 Å². The molecular formula is C17H22N2O. The lowest BCUT2D eigenvalue weighted by Crippen LogP contribution is -2.48. The van der Waals surface area contributed by atoms with Crippen LogP contribution in [-0.2, 0) is 4.79 Å². The quantitative estimate of drug-likeness (QED) is 0.825. The minimum absolute atomic E-state index is 0.352. The average molecular weight is 270 g/mol. The Kier molecular flexibility index (Phi) is 2.76. The molecule has 1 aliphatic carbocycles. The Morgan fingerprint density at radius 2 is 2.05 bits per heavy atom. The summed E-state index contributed by atoms with van der Waals surface area (Å²) in [7, 11) is 0. The number of piperidine rings is 1. The van der Waals surface area contributed by atoms with Crippen molar-refractivity contribution in [3.8, 4) is 0 Å². The minimum atomic E-state index is 0.352. The number of hydrogen-bond acceptors (Lipinski definition) is 2. The molecule has 0 spiro atoms. The van der Waals surface area contributed by atoms with Crippen LogP contribution in [0.1, 0.15) is 37.7 Å². The van der Waals surface area contributed by atoms with Gasteiger partial charge in [0.25, 0.3) is 0 Å². The van der Waals surface area contributed by atoms with Crippen LogP contribution < -0.4 is 4.90 Å². The van der Waals surface area contributed by atoms with Crippen LogP contribution in [0.2, 0.25) is 0 Å². The summed E-state index contributed by atoms with van der Waals surface area (Å²) in [4.78, 5) is 17.0. The summed E-state index contributed by atoms with van der Waals surface area (Å²) in [5, 5.41) is 0. The molecule has 0 unspecified atom stereocenters. The summed E-state index contributed by atoms with van der Waals surface area (Å²) in [6.07, 6.45) is 3.34. The van der Waals surface area contributed by atoms with Crippen LogP contribution in [0.5, 0.6) is 0 Å². The molecule has 1 aromatic rings. The molecule has 4 rings (SSSR count). The number of fused-ring (bicyclic) bond motifs is 3. The third kappa shape index (κ3) is 1.75. The van der Waals surface area contributed by atoms with E-state index in [9.17, 15) is 4.79 Å². The van der Waals surface area contributed by atoms with Gasteiger partial charge in [-0.3, -0.25) is 4.79 Å². The van der Waals surface area contributed by atoms with E-state index in [0.29, 0.717) is 23.8 Å². The Bertz CT molecular complexity index is 538. The van der Waals surface area contributed by atoms with Crippen molar-refractivity contribution in [2.45, 2.75) is 38.1 Å². The highest BCUT2D eigenvalue weighted by molar-refractivity contribution is 5.81. The van der Waals surface area contributed by atoms with E-state index < -0.39 is 0 Å². The Morgan fingerprint density at radius 1 is 1.25 bits per heavy atom. The van der Waals surface area contributed by atoms with Gasteiger partial charge in [0, 0.05) is 43.2 Å². The smallest absolute Gasteiger partial charge is 0.225 e. The summed E-state index contributed by atoms with van der Waals surface area (Å²) in [6.45, 7) is 5.17. The summed E-state index contributed by atoms with van der Waals surface area (Å²) in [5.74, 6) is 1.28. The first kappa shape index (κ1) is 12.2. The van der Waals surface area contributed by atoms with Gasteiger partial charge in [0.2, 0.25) is 5.91 Å². The fourth-order valence-corrected chi connectivity index (χ4v) is 4.05. The number of para-hydroxylation sites is 1. The van der Waals surface area contributed by atoms with E-state index in [-0.39, 0.29) is 0 Å². The largest absolute Gasteiger partial charge is 0.368 e. The van der Waals surface area contributed by atoms with Crippen LogP contribution in [0.15, 0.2) is 24.3 Å². The number of amides is 1. The van der Waals surface area contributed by atoms with Gasteiger partial charge in [-0.2, -0.15) is 0 Å². The Morgan fingerprint density at radius 3 is 2.80 bits per heavy atom. The van der Waals surface area contributed by atoms with Crippen molar-refractivity contribution in [2.24, 2.45) is 5.92 Å². The van der Waals surface area contributed by atoms with Crippen LogP contribution in [0, 0.1) is 5.92 Å². The zero-order valence-electron chi connectivity index (χ0n) is 12.1. The number of carbonyl (C=O) groups is 1. The lowest BCUT2D eigenvalue weighted by molar-refractivity contribution is -0.133. The fourth-order valence-electron chi connectivity index (χ4n) is 4.05. The summed E-state index contributed by atoms with van der Waals surface area (Å²) in [5.41, 5.74) is 2.85. The second-order valence-electron chi connectivity index (χ2n) is 6.37. The van der Waals surface area contributed by atoms with E-state index in [2.05, 4.69) is 41.0 Å². The molecule has 0 bridgehead atoms. The lowest BCUT2D eigenvalue weighted by atomic mass is 9.89. The van der Waals surface area contributed by atoms with Gasteiger partial charge >= 0.3 is 0 Å². The van der Waals surface area contributed by atoms with E-state index in [0.717, 1.165) is 38.9 Å². The standard InChI is InChI=1S/C17H22N2O/c1-2-19-15-6-4-3-5-13(15)14-11-18(10-9-16(14)19)17(20)12-7-8-12/h3-6,12,14,16H,2,7-11H2,1H3/t14-,16+/m0/s1. The third-order valence-corrected chi connectivity index (χ3v) is 5.20. The van der Waals surface area contributed by atoms with E-state index in [4.69, 9.17) is 0 Å². The van der Waals surface area contributed by atoms with E-state index in [1.54, 1.807) is 0 Å². The molecule has 2 atom stereocenters. The van der Waals surface area contributed by atoms with E-state index >= 15 is 0 Å². The van der Waals surface area contributed by atoms with Crippen LogP contribution in [0.25, 0.3) is 0 Å². The molecule has 3 aliphatic rings. The monoisotopic (exact) mass is 270 g/mol. The SMILES string of the molecule is CCN1c2ccccc2[C@@H]2CN(C(=O)C3CC3)CC[C@H]21. The normalized spacial score (nSPS) is 28.2. The second kappa shape index (κ2) is 4.51. The second-order valence-corrected chi connectivity index (χ2v) is 6.37. The summed E-state index contributed by atoms with van der Waals surface area (Å²) < 4.78 is 0. The molecule has 1 saturated heterocycles. The van der Waals surface area contributed by atoms with Crippen molar-refractivity contribution in [3.05, 3.63) is 29.8 Å². The maximum atomic E-state index is 12.3. The highest BCUT2D eigenvalue weighted by Gasteiger charge is 2.44. The zero-order valence-corrected chi connectivity index (χ0v) is 12.1. The predicted molar refractivity (Wildman–Crippen MR) is 79.9 cm³/mol. The van der Waals surface area contributed by atoms with Crippen molar-refractivity contribution in [1.29, 1.82) is 0 Å². The molecule has 3 nitrogen and oxygen atoms in total. The van der Waals surface area contributed by atoms with Crippen LogP contribution in [-0.4, -0.2) is 36.5 Å². The molecule has 2 heterocycles. The number of rotatable bonds is 2. The first-order chi connectivity index (χ1) is 9.79. The molecule has 0 aromatic heterocycles. The lowest BCUT2D eigenvalue weighted by Gasteiger charge is -2.38. The number of likely N-dealkylation sites (tertiary alicyclic amines) is 1. The number of benzene rings is 1. The Hall–Kier alpha value is -1.51. The number of carbonyl (C=O) groups excluding carboxylic acids is 1. The van der Waals surface area contributed by atoms with Crippen LogP contribution in [0.4, 0.5) is 5.69 Å². The van der Waals surface area contributed by atoms with Crippen molar-refractivity contribution >= 4 is 11.6 Å². The highest BCUT2D eigenvalue weighted by atomic mass is 16.2. The maximum Gasteiger partial charge on any atom is 0.225 e. The molecule has 106 valence electrons. The molecule has 1 aromatic carbocycles. The van der Waals surface area contributed by atoms with E-state index in [1.165, 1.54) is 11.3 Å². The van der Waals surface area contributed by atoms with Gasteiger partial charge in [0.05, 0.1) is 0 Å². The summed E-state index contributed by atoms with van der Waals surface area (Å²) >= 11 is 0. The highest BCUT2D eigenvalue weighted by Crippen LogP contribution is 2.45. The molecule has 2 fully saturated rings. The summed E-state index contributed by atoms with van der Waals surface area (Å²) in [6, 6.07) is 9.36. The Labute approximate surface area is 120 Å². The van der Waals surface area contributed by atoms with Crippen molar-refractivity contribution in [1.82, 2.24) is 4.90 Å². The zero-order chi connectivity index (χ0) is 13.7. The minimum Gasteiger partial charge on any atom is -0.368 e. The maximum absolute atomic E-state index is 12.3.